The Balaban J connectivity index is 1.45. The van der Waals surface area contributed by atoms with Crippen LogP contribution in [-0.4, -0.2) is 28.0 Å². The van der Waals surface area contributed by atoms with Gasteiger partial charge in [0.2, 0.25) is 0 Å². The highest BCUT2D eigenvalue weighted by Gasteiger charge is 2.09. The smallest absolute Gasteiger partial charge is 0.138 e. The van der Waals surface area contributed by atoms with E-state index in [4.69, 9.17) is 0 Å². The molecule has 0 spiro atoms. The highest BCUT2D eigenvalue weighted by molar-refractivity contribution is 5.83. The van der Waals surface area contributed by atoms with Crippen molar-refractivity contribution in [1.29, 1.82) is 0 Å². The van der Waals surface area contributed by atoms with Crippen molar-refractivity contribution in [2.45, 2.75) is 13.3 Å². The lowest BCUT2D eigenvalue weighted by Gasteiger charge is -2.22. The first-order chi connectivity index (χ1) is 13.3. The van der Waals surface area contributed by atoms with Gasteiger partial charge in [-0.15, -0.1) is 0 Å². The van der Waals surface area contributed by atoms with Gasteiger partial charge in [0.15, 0.2) is 0 Å². The number of anilines is 3. The van der Waals surface area contributed by atoms with Gasteiger partial charge in [-0.25, -0.2) is 9.97 Å². The van der Waals surface area contributed by atoms with Crippen molar-refractivity contribution in [3.63, 3.8) is 0 Å². The highest BCUT2D eigenvalue weighted by Crippen LogP contribution is 2.24. The topological polar surface area (TPSA) is 56.8 Å². The summed E-state index contributed by atoms with van der Waals surface area (Å²) in [5, 5.41) is 4.71. The molecule has 2 aromatic heterocycles. The molecule has 0 fully saturated rings. The molecule has 2 aromatic carbocycles. The van der Waals surface area contributed by atoms with Crippen molar-refractivity contribution < 1.29 is 0 Å². The van der Waals surface area contributed by atoms with Crippen LogP contribution in [0.3, 0.4) is 0 Å². The second-order valence-corrected chi connectivity index (χ2v) is 6.38. The maximum atomic E-state index is 4.46. The van der Waals surface area contributed by atoms with Crippen LogP contribution in [0.4, 0.5) is 17.3 Å². The molecule has 0 saturated heterocycles. The first-order valence-electron chi connectivity index (χ1n) is 9.28. The van der Waals surface area contributed by atoms with Gasteiger partial charge in [0, 0.05) is 41.9 Å². The fourth-order valence-corrected chi connectivity index (χ4v) is 3.34. The zero-order valence-electron chi connectivity index (χ0n) is 15.4. The number of nitrogens with one attached hydrogen (secondary N) is 2. The number of hydrogen-bond acceptors (Lipinski definition) is 4. The molecular weight excluding hydrogens is 334 g/mol. The van der Waals surface area contributed by atoms with E-state index < -0.39 is 0 Å². The Labute approximate surface area is 159 Å². The second kappa shape index (κ2) is 7.91. The number of rotatable bonds is 7. The van der Waals surface area contributed by atoms with Crippen LogP contribution < -0.4 is 10.2 Å². The predicted molar refractivity (Wildman–Crippen MR) is 112 cm³/mol. The second-order valence-electron chi connectivity index (χ2n) is 6.38. The van der Waals surface area contributed by atoms with Crippen LogP contribution in [-0.2, 0) is 6.42 Å². The third-order valence-corrected chi connectivity index (χ3v) is 4.69. The van der Waals surface area contributed by atoms with E-state index in [0.29, 0.717) is 0 Å². The number of hydrogen-bond donors (Lipinski definition) is 2. The third-order valence-electron chi connectivity index (χ3n) is 4.69. The number of aromatic nitrogens is 3. The molecule has 5 nitrogen and oxygen atoms in total. The molecule has 0 unspecified atom stereocenters. The molecular formula is C22H23N5. The molecule has 0 aliphatic carbocycles. The third kappa shape index (κ3) is 3.77. The summed E-state index contributed by atoms with van der Waals surface area (Å²) in [4.78, 5) is 14.3. The molecule has 5 heteroatoms. The Morgan fingerprint density at radius 1 is 1.00 bits per heavy atom. The van der Waals surface area contributed by atoms with Crippen molar-refractivity contribution in [2.24, 2.45) is 0 Å². The Bertz CT molecular complexity index is 1010. The number of aromatic amines is 1. The van der Waals surface area contributed by atoms with Crippen molar-refractivity contribution in [3.8, 4) is 0 Å². The van der Waals surface area contributed by atoms with Crippen LogP contribution in [0.15, 0.2) is 73.2 Å². The summed E-state index contributed by atoms with van der Waals surface area (Å²) in [5.74, 6) is 1.74. The van der Waals surface area contributed by atoms with Crippen molar-refractivity contribution in [1.82, 2.24) is 15.0 Å². The maximum Gasteiger partial charge on any atom is 0.138 e. The monoisotopic (exact) mass is 357 g/mol. The molecule has 2 heterocycles. The first kappa shape index (κ1) is 17.1. The molecule has 0 aliphatic heterocycles. The van der Waals surface area contributed by atoms with E-state index in [9.17, 15) is 0 Å². The first-order valence-corrected chi connectivity index (χ1v) is 9.28. The number of H-pyrrole nitrogens is 1. The molecule has 4 rings (SSSR count). The minimum Gasteiger partial charge on any atom is -0.370 e. The quantitative estimate of drug-likeness (QED) is 0.500. The molecule has 27 heavy (non-hydrogen) atoms. The van der Waals surface area contributed by atoms with Crippen molar-refractivity contribution in [3.05, 3.63) is 78.8 Å². The molecule has 2 N–H and O–H groups in total. The zero-order chi connectivity index (χ0) is 18.5. The SMILES string of the molecule is CCN(c1ccccc1)c1cc(NCCc2c[nH]c3ccccc23)ncn1. The van der Waals surface area contributed by atoms with Crippen LogP contribution in [0.25, 0.3) is 10.9 Å². The summed E-state index contributed by atoms with van der Waals surface area (Å²) in [7, 11) is 0. The van der Waals surface area contributed by atoms with E-state index in [2.05, 4.69) is 74.7 Å². The molecule has 0 amide bonds. The van der Waals surface area contributed by atoms with Crippen LogP contribution in [0.2, 0.25) is 0 Å². The van der Waals surface area contributed by atoms with E-state index in [1.807, 2.05) is 24.3 Å². The fraction of sp³-hybridized carbons (Fsp3) is 0.182. The largest absolute Gasteiger partial charge is 0.370 e. The lowest BCUT2D eigenvalue weighted by molar-refractivity contribution is 0.965. The van der Waals surface area contributed by atoms with Gasteiger partial charge in [-0.3, -0.25) is 0 Å². The lowest BCUT2D eigenvalue weighted by Crippen LogP contribution is -2.18. The van der Waals surface area contributed by atoms with Gasteiger partial charge in [0.05, 0.1) is 0 Å². The van der Waals surface area contributed by atoms with Gasteiger partial charge in [-0.1, -0.05) is 36.4 Å². The van der Waals surface area contributed by atoms with E-state index in [-0.39, 0.29) is 0 Å². The van der Waals surface area contributed by atoms with Gasteiger partial charge < -0.3 is 15.2 Å². The molecule has 4 aromatic rings. The highest BCUT2D eigenvalue weighted by atomic mass is 15.2. The number of para-hydroxylation sites is 2. The van der Waals surface area contributed by atoms with Crippen molar-refractivity contribution >= 4 is 28.2 Å². The summed E-state index contributed by atoms with van der Waals surface area (Å²) < 4.78 is 0. The summed E-state index contributed by atoms with van der Waals surface area (Å²) in [6, 6.07) is 20.7. The maximum absolute atomic E-state index is 4.46. The van der Waals surface area contributed by atoms with Crippen LogP contribution in [0, 0.1) is 0 Å². The summed E-state index contributed by atoms with van der Waals surface area (Å²) in [6.07, 6.45) is 4.64. The van der Waals surface area contributed by atoms with E-state index in [1.165, 1.54) is 16.5 Å². The summed E-state index contributed by atoms with van der Waals surface area (Å²) in [6.45, 7) is 3.78. The van der Waals surface area contributed by atoms with E-state index in [0.717, 1.165) is 36.8 Å². The Hall–Kier alpha value is -3.34. The minimum absolute atomic E-state index is 0.815. The van der Waals surface area contributed by atoms with Crippen LogP contribution >= 0.6 is 0 Å². The van der Waals surface area contributed by atoms with Crippen molar-refractivity contribution in [2.75, 3.05) is 23.3 Å². The average molecular weight is 357 g/mol. The molecule has 0 saturated carbocycles. The number of nitrogens with zero attached hydrogens (tertiary/aromatic N) is 3. The van der Waals surface area contributed by atoms with E-state index >= 15 is 0 Å². The van der Waals surface area contributed by atoms with Gasteiger partial charge in [0.25, 0.3) is 0 Å². The minimum atomic E-state index is 0.815. The summed E-state index contributed by atoms with van der Waals surface area (Å²) in [5.41, 5.74) is 3.62. The summed E-state index contributed by atoms with van der Waals surface area (Å²) >= 11 is 0. The number of benzene rings is 2. The van der Waals surface area contributed by atoms with Gasteiger partial charge in [-0.2, -0.15) is 0 Å². The molecule has 0 bridgehead atoms. The fourth-order valence-electron chi connectivity index (χ4n) is 3.34. The molecule has 136 valence electrons. The average Bonchev–Trinajstić information content (AvgIpc) is 3.13. The molecule has 0 aliphatic rings. The zero-order valence-corrected chi connectivity index (χ0v) is 15.4. The Kier molecular flexibility index (Phi) is 5.01. The number of fused-ring (bicyclic) bond motifs is 1. The van der Waals surface area contributed by atoms with Crippen LogP contribution in [0.1, 0.15) is 12.5 Å². The van der Waals surface area contributed by atoms with Gasteiger partial charge in [0.1, 0.15) is 18.0 Å². The molecule has 0 radical (unpaired) electrons. The standard InChI is InChI=1S/C22H23N5/c1-2-27(18-8-4-3-5-9-18)22-14-21(25-16-26-22)23-13-12-17-15-24-20-11-7-6-10-19(17)20/h3-11,14-16,24H,2,12-13H2,1H3,(H,23,25,26). The lowest BCUT2D eigenvalue weighted by atomic mass is 10.1. The molecule has 0 atom stereocenters. The van der Waals surface area contributed by atoms with Gasteiger partial charge >= 0.3 is 0 Å². The normalized spacial score (nSPS) is 10.9. The Morgan fingerprint density at radius 3 is 2.67 bits per heavy atom. The van der Waals surface area contributed by atoms with E-state index in [1.54, 1.807) is 6.33 Å². The predicted octanol–water partition coefficient (Wildman–Crippen LogP) is 4.77. The van der Waals surface area contributed by atoms with Gasteiger partial charge in [-0.05, 0) is 37.1 Å². The Morgan fingerprint density at radius 2 is 1.81 bits per heavy atom. The van der Waals surface area contributed by atoms with Crippen LogP contribution in [0.5, 0.6) is 0 Å².